The van der Waals surface area contributed by atoms with E-state index in [-0.39, 0.29) is 0 Å². The molecule has 98 valence electrons. The summed E-state index contributed by atoms with van der Waals surface area (Å²) in [5.41, 5.74) is 2.06. The predicted octanol–water partition coefficient (Wildman–Crippen LogP) is 2.27. The highest BCUT2D eigenvalue weighted by atomic mass is 16.5. The summed E-state index contributed by atoms with van der Waals surface area (Å²) in [6.07, 6.45) is 3.96. The molecule has 5 nitrogen and oxygen atoms in total. The molecule has 0 amide bonds. The van der Waals surface area contributed by atoms with Crippen LogP contribution in [-0.2, 0) is 4.74 Å². The summed E-state index contributed by atoms with van der Waals surface area (Å²) in [5, 5.41) is 7.55. The van der Waals surface area contributed by atoms with Gasteiger partial charge in [0.2, 0.25) is 5.95 Å². The van der Waals surface area contributed by atoms with E-state index in [0.29, 0.717) is 5.95 Å². The Bertz CT molecular complexity index is 495. The lowest BCUT2D eigenvalue weighted by atomic mass is 10.3. The minimum atomic E-state index is 0.677. The van der Waals surface area contributed by atoms with Crippen molar-refractivity contribution in [2.24, 2.45) is 0 Å². The molecule has 0 radical (unpaired) electrons. The standard InChI is InChI=1S/C13H20N4O/c1-3-8-18-9-4-6-14-13-15-12-10-11(2)5-7-17(12)16-13/h5,7,10H,3-4,6,8-9H2,1-2H3,(H,14,16). The van der Waals surface area contributed by atoms with Gasteiger partial charge in [0.05, 0.1) is 0 Å². The highest BCUT2D eigenvalue weighted by Gasteiger charge is 2.02. The second-order valence-corrected chi connectivity index (χ2v) is 4.33. The summed E-state index contributed by atoms with van der Waals surface area (Å²) >= 11 is 0. The van der Waals surface area contributed by atoms with Crippen molar-refractivity contribution in [1.29, 1.82) is 0 Å². The Balaban J connectivity index is 1.81. The molecule has 2 aromatic heterocycles. The van der Waals surface area contributed by atoms with Gasteiger partial charge in [0, 0.05) is 26.0 Å². The van der Waals surface area contributed by atoms with Gasteiger partial charge in [-0.15, -0.1) is 5.10 Å². The summed E-state index contributed by atoms with van der Waals surface area (Å²) < 4.78 is 7.19. The van der Waals surface area contributed by atoms with E-state index in [2.05, 4.69) is 22.3 Å². The number of nitrogens with one attached hydrogen (secondary N) is 1. The second kappa shape index (κ2) is 6.35. The van der Waals surface area contributed by atoms with Crippen molar-refractivity contribution in [3.8, 4) is 0 Å². The van der Waals surface area contributed by atoms with Crippen molar-refractivity contribution in [3.63, 3.8) is 0 Å². The fourth-order valence-electron chi connectivity index (χ4n) is 1.68. The van der Waals surface area contributed by atoms with E-state index in [0.717, 1.165) is 38.2 Å². The number of ether oxygens (including phenoxy) is 1. The Morgan fingerprint density at radius 2 is 2.28 bits per heavy atom. The molecule has 0 aromatic carbocycles. The third-order valence-corrected chi connectivity index (χ3v) is 2.59. The van der Waals surface area contributed by atoms with E-state index < -0.39 is 0 Å². The van der Waals surface area contributed by atoms with Gasteiger partial charge in [0.15, 0.2) is 5.65 Å². The zero-order valence-corrected chi connectivity index (χ0v) is 11.0. The average Bonchev–Trinajstić information content (AvgIpc) is 2.75. The third-order valence-electron chi connectivity index (χ3n) is 2.59. The van der Waals surface area contributed by atoms with E-state index in [1.165, 1.54) is 5.56 Å². The highest BCUT2D eigenvalue weighted by Crippen LogP contribution is 2.07. The number of aromatic nitrogens is 3. The van der Waals surface area contributed by atoms with Crippen LogP contribution in [-0.4, -0.2) is 34.4 Å². The van der Waals surface area contributed by atoms with Crippen LogP contribution in [0.2, 0.25) is 0 Å². The molecular formula is C13H20N4O. The van der Waals surface area contributed by atoms with Crippen molar-refractivity contribution in [3.05, 3.63) is 23.9 Å². The van der Waals surface area contributed by atoms with Crippen LogP contribution in [0.5, 0.6) is 0 Å². The lowest BCUT2D eigenvalue weighted by molar-refractivity contribution is 0.134. The molecule has 0 bridgehead atoms. The largest absolute Gasteiger partial charge is 0.381 e. The number of pyridine rings is 1. The van der Waals surface area contributed by atoms with Crippen LogP contribution in [0.4, 0.5) is 5.95 Å². The SMILES string of the molecule is CCCOCCCNc1nc2cc(C)ccn2n1. The fourth-order valence-corrected chi connectivity index (χ4v) is 1.68. The quantitative estimate of drug-likeness (QED) is 0.764. The molecule has 2 rings (SSSR count). The van der Waals surface area contributed by atoms with Crippen molar-refractivity contribution in [1.82, 2.24) is 14.6 Å². The zero-order chi connectivity index (χ0) is 12.8. The summed E-state index contributed by atoms with van der Waals surface area (Å²) in [6.45, 7) is 6.62. The molecule has 0 unspecified atom stereocenters. The maximum atomic E-state index is 5.41. The molecule has 2 heterocycles. The maximum Gasteiger partial charge on any atom is 0.243 e. The van der Waals surface area contributed by atoms with Crippen molar-refractivity contribution < 1.29 is 4.74 Å². The first-order valence-electron chi connectivity index (χ1n) is 6.44. The predicted molar refractivity (Wildman–Crippen MR) is 71.9 cm³/mol. The molecule has 1 N–H and O–H groups in total. The molecule has 0 aliphatic rings. The summed E-state index contributed by atoms with van der Waals surface area (Å²) in [6, 6.07) is 4.03. The molecule has 0 saturated carbocycles. The number of hydrogen-bond donors (Lipinski definition) is 1. The van der Waals surface area contributed by atoms with Gasteiger partial charge >= 0.3 is 0 Å². The van der Waals surface area contributed by atoms with Gasteiger partial charge in [-0.3, -0.25) is 0 Å². The lowest BCUT2D eigenvalue weighted by Gasteiger charge is -2.02. The van der Waals surface area contributed by atoms with Gasteiger partial charge in [-0.2, -0.15) is 4.98 Å². The van der Waals surface area contributed by atoms with Crippen LogP contribution in [0.15, 0.2) is 18.3 Å². The monoisotopic (exact) mass is 248 g/mol. The van der Waals surface area contributed by atoms with Crippen molar-refractivity contribution >= 4 is 11.6 Å². The lowest BCUT2D eigenvalue weighted by Crippen LogP contribution is -2.07. The van der Waals surface area contributed by atoms with Gasteiger partial charge in [-0.1, -0.05) is 6.92 Å². The van der Waals surface area contributed by atoms with Crippen molar-refractivity contribution in [2.45, 2.75) is 26.7 Å². The number of hydrogen-bond acceptors (Lipinski definition) is 4. The van der Waals surface area contributed by atoms with Gasteiger partial charge in [-0.05, 0) is 37.5 Å². The Labute approximate surface area is 107 Å². The van der Waals surface area contributed by atoms with Crippen molar-refractivity contribution in [2.75, 3.05) is 25.1 Å². The average molecular weight is 248 g/mol. The molecular weight excluding hydrogens is 228 g/mol. The normalized spacial score (nSPS) is 11.0. The number of anilines is 1. The van der Waals surface area contributed by atoms with Gasteiger partial charge in [0.1, 0.15) is 0 Å². The van der Waals surface area contributed by atoms with E-state index >= 15 is 0 Å². The van der Waals surface area contributed by atoms with Crippen LogP contribution < -0.4 is 5.32 Å². The molecule has 18 heavy (non-hydrogen) atoms. The summed E-state index contributed by atoms with van der Waals surface area (Å²) in [4.78, 5) is 4.41. The van der Waals surface area contributed by atoms with Gasteiger partial charge in [0.25, 0.3) is 0 Å². The third kappa shape index (κ3) is 3.43. The number of aryl methyl sites for hydroxylation is 1. The minimum Gasteiger partial charge on any atom is -0.381 e. The first kappa shape index (κ1) is 12.8. The molecule has 5 heteroatoms. The highest BCUT2D eigenvalue weighted by molar-refractivity contribution is 5.45. The molecule has 0 atom stereocenters. The summed E-state index contributed by atoms with van der Waals surface area (Å²) in [5.74, 6) is 0.677. The maximum absolute atomic E-state index is 5.41. The molecule has 0 fully saturated rings. The first-order valence-corrected chi connectivity index (χ1v) is 6.44. The molecule has 2 aromatic rings. The van der Waals surface area contributed by atoms with Crippen LogP contribution >= 0.6 is 0 Å². The number of nitrogens with zero attached hydrogens (tertiary/aromatic N) is 3. The summed E-state index contributed by atoms with van der Waals surface area (Å²) in [7, 11) is 0. The van der Waals surface area contributed by atoms with E-state index in [9.17, 15) is 0 Å². The van der Waals surface area contributed by atoms with Crippen LogP contribution in [0.1, 0.15) is 25.3 Å². The topological polar surface area (TPSA) is 51.5 Å². The minimum absolute atomic E-state index is 0.677. The van der Waals surface area contributed by atoms with Gasteiger partial charge in [-0.25, -0.2) is 4.52 Å². The zero-order valence-electron chi connectivity index (χ0n) is 11.0. The van der Waals surface area contributed by atoms with Crippen LogP contribution in [0.25, 0.3) is 5.65 Å². The number of fused-ring (bicyclic) bond motifs is 1. The molecule has 0 aliphatic heterocycles. The Kier molecular flexibility index (Phi) is 4.52. The fraction of sp³-hybridized carbons (Fsp3) is 0.538. The molecule has 0 aliphatic carbocycles. The number of rotatable bonds is 7. The van der Waals surface area contributed by atoms with E-state index in [1.54, 1.807) is 4.52 Å². The van der Waals surface area contributed by atoms with Gasteiger partial charge < -0.3 is 10.1 Å². The van der Waals surface area contributed by atoms with E-state index in [4.69, 9.17) is 4.74 Å². The smallest absolute Gasteiger partial charge is 0.243 e. The molecule has 0 saturated heterocycles. The molecule has 0 spiro atoms. The Morgan fingerprint density at radius 3 is 3.11 bits per heavy atom. The van der Waals surface area contributed by atoms with Crippen LogP contribution in [0.3, 0.4) is 0 Å². The first-order chi connectivity index (χ1) is 8.79. The second-order valence-electron chi connectivity index (χ2n) is 4.33. The van der Waals surface area contributed by atoms with Crippen LogP contribution in [0, 0.1) is 6.92 Å². The Hall–Kier alpha value is -1.62. The Morgan fingerprint density at radius 1 is 1.39 bits per heavy atom. The van der Waals surface area contributed by atoms with E-state index in [1.807, 2.05) is 25.3 Å².